The molecule has 0 heterocycles. The molecule has 5 nitrogen and oxygen atoms in total. The quantitative estimate of drug-likeness (QED) is 0.0999. The Balaban J connectivity index is 4.47. The van der Waals surface area contributed by atoms with Gasteiger partial charge in [0.05, 0.1) is 12.1 Å². The zero-order valence-corrected chi connectivity index (χ0v) is 26.4. The topological polar surface area (TPSA) is 67.8 Å². The fraction of sp³-hybridized carbons (Fsp3) is 0.900. The molecular weight excluding hydrogens is 466 g/mol. The van der Waals surface area contributed by atoms with Gasteiger partial charge in [-0.2, -0.15) is 0 Å². The summed E-state index contributed by atoms with van der Waals surface area (Å²) in [6, 6.07) is -0.446. The maximum absolute atomic E-state index is 12.4. The van der Waals surface area contributed by atoms with E-state index in [2.05, 4.69) is 52.2 Å². The highest BCUT2D eigenvalue weighted by molar-refractivity contribution is 6.74. The number of carbonyl (C=O) groups is 1. The van der Waals surface area contributed by atoms with Gasteiger partial charge in [0, 0.05) is 6.61 Å². The molecule has 0 unspecified atom stereocenters. The van der Waals surface area contributed by atoms with Crippen LogP contribution in [0.3, 0.4) is 0 Å². The zero-order valence-electron chi connectivity index (χ0n) is 25.4. The lowest BCUT2D eigenvalue weighted by Gasteiger charge is -2.36. The molecule has 0 radical (unpaired) electrons. The van der Waals surface area contributed by atoms with E-state index in [-0.39, 0.29) is 5.04 Å². The fourth-order valence-corrected chi connectivity index (χ4v) is 4.80. The highest BCUT2D eigenvalue weighted by atomic mass is 28.4. The van der Waals surface area contributed by atoms with Crippen LogP contribution in [0.4, 0.5) is 4.79 Å². The highest BCUT2D eigenvalue weighted by Gasteiger charge is 2.37. The van der Waals surface area contributed by atoms with Crippen LogP contribution in [0.5, 0.6) is 0 Å². The molecule has 0 aliphatic rings. The second-order valence-corrected chi connectivity index (χ2v) is 17.7. The Bertz CT molecular complexity index is 593. The third-order valence-electron chi connectivity index (χ3n) is 7.12. The summed E-state index contributed by atoms with van der Waals surface area (Å²) < 4.78 is 11.7. The van der Waals surface area contributed by atoms with Crippen LogP contribution < -0.4 is 5.32 Å². The van der Waals surface area contributed by atoms with Crippen LogP contribution in [0.25, 0.3) is 0 Å². The molecule has 0 aromatic heterocycles. The predicted octanol–water partition coefficient (Wildman–Crippen LogP) is 8.91. The van der Waals surface area contributed by atoms with Gasteiger partial charge in [0.25, 0.3) is 0 Å². The molecule has 1 amide bonds. The van der Waals surface area contributed by atoms with Crippen molar-refractivity contribution in [3.63, 3.8) is 0 Å². The summed E-state index contributed by atoms with van der Waals surface area (Å²) >= 11 is 0. The summed E-state index contributed by atoms with van der Waals surface area (Å²) in [6.07, 6.45) is 18.7. The predicted molar refractivity (Wildman–Crippen MR) is 157 cm³/mol. The van der Waals surface area contributed by atoms with Crippen molar-refractivity contribution >= 4 is 14.4 Å². The summed E-state index contributed by atoms with van der Waals surface area (Å²) in [4.78, 5) is 12.4. The Kier molecular flexibility index (Phi) is 18.0. The third kappa shape index (κ3) is 18.4. The first-order valence-electron chi connectivity index (χ1n) is 14.7. The lowest BCUT2D eigenvalue weighted by molar-refractivity contribution is 0.0439. The first-order chi connectivity index (χ1) is 16.7. The van der Waals surface area contributed by atoms with Gasteiger partial charge in [-0.25, -0.2) is 4.79 Å². The molecule has 36 heavy (non-hydrogen) atoms. The number of ether oxygens (including phenoxy) is 1. The maximum Gasteiger partial charge on any atom is 0.407 e. The summed E-state index contributed by atoms with van der Waals surface area (Å²) in [6.45, 7) is 19.3. The van der Waals surface area contributed by atoms with E-state index in [0.29, 0.717) is 13.0 Å². The molecule has 0 aromatic rings. The summed E-state index contributed by atoms with van der Waals surface area (Å²) in [5.41, 5.74) is -0.581. The van der Waals surface area contributed by atoms with E-state index in [1.54, 1.807) is 0 Å². The molecule has 2 atom stereocenters. The van der Waals surface area contributed by atoms with Crippen LogP contribution in [0.2, 0.25) is 18.1 Å². The Hall–Kier alpha value is -0.853. The normalized spacial score (nSPS) is 14.7. The molecule has 214 valence electrons. The monoisotopic (exact) mass is 527 g/mol. The Morgan fingerprint density at radius 2 is 1.39 bits per heavy atom. The Morgan fingerprint density at radius 3 is 1.86 bits per heavy atom. The largest absolute Gasteiger partial charge is 0.444 e. The van der Waals surface area contributed by atoms with Gasteiger partial charge in [0.1, 0.15) is 5.60 Å². The number of carbonyl (C=O) groups excluding carboxylic acids is 1. The van der Waals surface area contributed by atoms with Crippen molar-refractivity contribution in [2.75, 3.05) is 6.61 Å². The number of nitrogens with one attached hydrogen (secondary N) is 1. The summed E-state index contributed by atoms with van der Waals surface area (Å²) in [5, 5.41) is 13.8. The van der Waals surface area contributed by atoms with E-state index in [0.717, 1.165) is 12.8 Å². The van der Waals surface area contributed by atoms with Crippen LogP contribution in [0.15, 0.2) is 12.2 Å². The number of rotatable bonds is 19. The van der Waals surface area contributed by atoms with Crippen molar-refractivity contribution in [2.24, 2.45) is 0 Å². The van der Waals surface area contributed by atoms with Gasteiger partial charge in [-0.05, 0) is 58.2 Å². The Morgan fingerprint density at radius 1 is 0.889 bits per heavy atom. The molecule has 0 saturated heterocycles. The van der Waals surface area contributed by atoms with E-state index < -0.39 is 32.2 Å². The molecule has 0 fully saturated rings. The van der Waals surface area contributed by atoms with Gasteiger partial charge in [-0.3, -0.25) is 0 Å². The molecule has 0 spiro atoms. The molecule has 0 aliphatic carbocycles. The number of hydrogen-bond acceptors (Lipinski definition) is 4. The van der Waals surface area contributed by atoms with E-state index in [9.17, 15) is 9.90 Å². The second-order valence-electron chi connectivity index (χ2n) is 12.9. The van der Waals surface area contributed by atoms with Crippen molar-refractivity contribution < 1.29 is 19.1 Å². The maximum atomic E-state index is 12.4. The number of amides is 1. The van der Waals surface area contributed by atoms with E-state index in [1.165, 1.54) is 64.2 Å². The molecule has 0 bridgehead atoms. The van der Waals surface area contributed by atoms with Crippen molar-refractivity contribution in [1.29, 1.82) is 0 Å². The van der Waals surface area contributed by atoms with Gasteiger partial charge in [-0.15, -0.1) is 0 Å². The third-order valence-corrected chi connectivity index (χ3v) is 11.7. The van der Waals surface area contributed by atoms with Crippen LogP contribution in [-0.2, 0) is 9.16 Å². The first kappa shape index (κ1) is 35.1. The smallest absolute Gasteiger partial charge is 0.407 e. The van der Waals surface area contributed by atoms with Crippen molar-refractivity contribution in [3.8, 4) is 0 Å². The van der Waals surface area contributed by atoms with Gasteiger partial charge in [0.15, 0.2) is 8.32 Å². The lowest BCUT2D eigenvalue weighted by Crippen LogP contribution is -2.47. The number of hydrogen-bond donors (Lipinski definition) is 2. The average molecular weight is 528 g/mol. The molecule has 0 aromatic carbocycles. The first-order valence-corrected chi connectivity index (χ1v) is 17.6. The van der Waals surface area contributed by atoms with Crippen molar-refractivity contribution in [1.82, 2.24) is 5.32 Å². The molecule has 6 heteroatoms. The Labute approximate surface area is 225 Å². The van der Waals surface area contributed by atoms with Gasteiger partial charge in [-0.1, -0.05) is 104 Å². The average Bonchev–Trinajstić information content (AvgIpc) is 2.74. The van der Waals surface area contributed by atoms with E-state index in [1.807, 2.05) is 26.8 Å². The summed E-state index contributed by atoms with van der Waals surface area (Å²) in [7, 11) is -1.89. The van der Waals surface area contributed by atoms with Crippen molar-refractivity contribution in [2.45, 2.75) is 168 Å². The molecule has 0 aliphatic heterocycles. The highest BCUT2D eigenvalue weighted by Crippen LogP contribution is 2.36. The van der Waals surface area contributed by atoms with E-state index in [4.69, 9.17) is 9.16 Å². The minimum absolute atomic E-state index is 0.119. The van der Waals surface area contributed by atoms with Gasteiger partial charge in [0.2, 0.25) is 0 Å². The van der Waals surface area contributed by atoms with Crippen LogP contribution in [0.1, 0.15) is 132 Å². The second kappa shape index (κ2) is 18.4. The van der Waals surface area contributed by atoms with Crippen LogP contribution in [0, 0.1) is 0 Å². The number of allylic oxidation sites excluding steroid dienone is 1. The van der Waals surface area contributed by atoms with Crippen molar-refractivity contribution in [3.05, 3.63) is 12.2 Å². The number of unbranched alkanes of at least 4 members (excludes halogenated alkanes) is 11. The fourth-order valence-electron chi connectivity index (χ4n) is 3.74. The van der Waals surface area contributed by atoms with Crippen LogP contribution in [-0.4, -0.2) is 43.9 Å². The minimum atomic E-state index is -1.89. The van der Waals surface area contributed by atoms with Crippen LogP contribution >= 0.6 is 0 Å². The molecule has 2 N–H and O–H groups in total. The zero-order chi connectivity index (χ0) is 27.7. The lowest BCUT2D eigenvalue weighted by atomic mass is 10.0. The number of aliphatic hydroxyl groups excluding tert-OH is 1. The standard InChI is InChI=1S/C30H61NO4Si/c1-10-11-12-13-14-15-16-17-18-19-20-21-22-23-27(32)26(31-28(33)35-29(2,3)4)24-25-34-36(8,9)30(5,6)7/h22-23,26-27,32H,10-21,24-25H2,1-9H3,(H,31,33)/b23-22+/t26-,27+/m0/s1. The molecular formula is C30H61NO4Si. The molecule has 0 rings (SSSR count). The van der Waals surface area contributed by atoms with Gasteiger partial charge >= 0.3 is 6.09 Å². The number of alkyl carbamates (subject to hydrolysis) is 1. The SMILES string of the molecule is CCCCCCCCCCCCC/C=C/[C@@H](O)[C@H](CCO[Si](C)(C)C(C)(C)C)NC(=O)OC(C)(C)C. The van der Waals surface area contributed by atoms with Gasteiger partial charge < -0.3 is 19.6 Å². The number of aliphatic hydroxyl groups is 1. The molecule has 0 saturated carbocycles. The van der Waals surface area contributed by atoms with E-state index >= 15 is 0 Å². The minimum Gasteiger partial charge on any atom is -0.444 e. The summed E-state index contributed by atoms with van der Waals surface area (Å²) in [5.74, 6) is 0.